The van der Waals surface area contributed by atoms with E-state index < -0.39 is 11.9 Å². The Kier molecular flexibility index (Phi) is 6.84. The normalized spacial score (nSPS) is 23.5. The molecule has 5 nitrogen and oxygen atoms in total. The molecule has 1 aliphatic carbocycles. The van der Waals surface area contributed by atoms with Crippen LogP contribution in [0.2, 0.25) is 0 Å². The van der Waals surface area contributed by atoms with Gasteiger partial charge in [0.05, 0.1) is 12.0 Å². The Balaban J connectivity index is 2.16. The maximum atomic E-state index is 11.7. The van der Waals surface area contributed by atoms with Crippen LogP contribution in [0.15, 0.2) is 0 Å². The molecule has 1 unspecified atom stereocenters. The molecule has 1 saturated carbocycles. The standard InChI is InChI=1S/C14H25NO4/c1-3-5-11(14(17)18)9-15-13(16)8-10-6-12(7-10)19-4-2/h10-12H,3-9H2,1-2H3,(H,15,16)(H,17,18). The number of carbonyl (C=O) groups is 2. The summed E-state index contributed by atoms with van der Waals surface area (Å²) in [6.45, 7) is 4.88. The summed E-state index contributed by atoms with van der Waals surface area (Å²) in [4.78, 5) is 22.6. The van der Waals surface area contributed by atoms with Crippen LogP contribution < -0.4 is 5.32 Å². The Morgan fingerprint density at radius 3 is 2.58 bits per heavy atom. The second-order valence-electron chi connectivity index (χ2n) is 5.25. The van der Waals surface area contributed by atoms with Gasteiger partial charge in [-0.1, -0.05) is 13.3 Å². The molecule has 0 aromatic carbocycles. The van der Waals surface area contributed by atoms with Crippen molar-refractivity contribution in [3.05, 3.63) is 0 Å². The van der Waals surface area contributed by atoms with Crippen LogP contribution in [0.25, 0.3) is 0 Å². The van der Waals surface area contributed by atoms with E-state index in [9.17, 15) is 9.59 Å². The highest BCUT2D eigenvalue weighted by Gasteiger charge is 2.31. The first-order valence-electron chi connectivity index (χ1n) is 7.17. The maximum Gasteiger partial charge on any atom is 0.308 e. The highest BCUT2D eigenvalue weighted by molar-refractivity contribution is 5.77. The number of carbonyl (C=O) groups excluding carboxylic acids is 1. The van der Waals surface area contributed by atoms with Crippen molar-refractivity contribution in [2.45, 2.75) is 52.1 Å². The molecule has 1 atom stereocenters. The monoisotopic (exact) mass is 271 g/mol. The third-order valence-electron chi connectivity index (χ3n) is 3.60. The number of nitrogens with one attached hydrogen (secondary N) is 1. The third kappa shape index (κ3) is 5.59. The van der Waals surface area contributed by atoms with Gasteiger partial charge in [-0.05, 0) is 32.1 Å². The van der Waals surface area contributed by atoms with Gasteiger partial charge in [-0.15, -0.1) is 0 Å². The van der Waals surface area contributed by atoms with Crippen molar-refractivity contribution < 1.29 is 19.4 Å². The van der Waals surface area contributed by atoms with Crippen molar-refractivity contribution in [2.24, 2.45) is 11.8 Å². The number of hydrogen-bond donors (Lipinski definition) is 2. The first-order chi connectivity index (χ1) is 9.06. The SMILES string of the molecule is CCCC(CNC(=O)CC1CC(OCC)C1)C(=O)O. The van der Waals surface area contributed by atoms with Crippen molar-refractivity contribution in [2.75, 3.05) is 13.2 Å². The van der Waals surface area contributed by atoms with Gasteiger partial charge >= 0.3 is 5.97 Å². The Morgan fingerprint density at radius 2 is 2.05 bits per heavy atom. The molecule has 19 heavy (non-hydrogen) atoms. The zero-order valence-electron chi connectivity index (χ0n) is 11.9. The number of rotatable bonds is 9. The van der Waals surface area contributed by atoms with Crippen molar-refractivity contribution in [3.8, 4) is 0 Å². The summed E-state index contributed by atoms with van der Waals surface area (Å²) in [5, 5.41) is 11.7. The topological polar surface area (TPSA) is 75.6 Å². The summed E-state index contributed by atoms with van der Waals surface area (Å²) >= 11 is 0. The lowest BCUT2D eigenvalue weighted by Gasteiger charge is -2.34. The quantitative estimate of drug-likeness (QED) is 0.670. The van der Waals surface area contributed by atoms with E-state index in [1.165, 1.54) is 0 Å². The van der Waals surface area contributed by atoms with E-state index >= 15 is 0 Å². The van der Waals surface area contributed by atoms with Gasteiger partial charge in [0.25, 0.3) is 0 Å². The average Bonchev–Trinajstić information content (AvgIpc) is 2.31. The van der Waals surface area contributed by atoms with Gasteiger partial charge in [-0.3, -0.25) is 9.59 Å². The van der Waals surface area contributed by atoms with Gasteiger partial charge in [-0.25, -0.2) is 0 Å². The Hall–Kier alpha value is -1.10. The van der Waals surface area contributed by atoms with Gasteiger partial charge in [0, 0.05) is 19.6 Å². The Bertz CT molecular complexity index is 300. The lowest BCUT2D eigenvalue weighted by Crippen LogP contribution is -2.38. The van der Waals surface area contributed by atoms with Crippen LogP contribution in [0.5, 0.6) is 0 Å². The predicted octanol–water partition coefficient (Wildman–Crippen LogP) is 1.81. The highest BCUT2D eigenvalue weighted by atomic mass is 16.5. The van der Waals surface area contributed by atoms with Gasteiger partial charge in [0.2, 0.25) is 5.91 Å². The molecule has 0 spiro atoms. The number of ether oxygens (including phenoxy) is 1. The van der Waals surface area contributed by atoms with Crippen molar-refractivity contribution in [1.82, 2.24) is 5.32 Å². The van der Waals surface area contributed by atoms with Crippen LogP contribution in [0.3, 0.4) is 0 Å². The summed E-state index contributed by atoms with van der Waals surface area (Å²) in [6.07, 6.45) is 4.10. The van der Waals surface area contributed by atoms with Crippen LogP contribution in [0.1, 0.15) is 46.0 Å². The van der Waals surface area contributed by atoms with Crippen LogP contribution in [-0.2, 0) is 14.3 Å². The number of carboxylic acid groups (broad SMARTS) is 1. The minimum absolute atomic E-state index is 0.0395. The number of carboxylic acids is 1. The van der Waals surface area contributed by atoms with E-state index in [-0.39, 0.29) is 12.5 Å². The summed E-state index contributed by atoms with van der Waals surface area (Å²) in [5.74, 6) is -0.943. The smallest absolute Gasteiger partial charge is 0.308 e. The lowest BCUT2D eigenvalue weighted by atomic mass is 9.80. The molecule has 0 bridgehead atoms. The predicted molar refractivity (Wildman–Crippen MR) is 71.8 cm³/mol. The van der Waals surface area contributed by atoms with E-state index in [2.05, 4.69) is 5.32 Å². The van der Waals surface area contributed by atoms with E-state index in [4.69, 9.17) is 9.84 Å². The van der Waals surface area contributed by atoms with Crippen LogP contribution >= 0.6 is 0 Å². The molecular weight excluding hydrogens is 246 g/mol. The summed E-state index contributed by atoms with van der Waals surface area (Å²) in [5.41, 5.74) is 0. The summed E-state index contributed by atoms with van der Waals surface area (Å²) in [6, 6.07) is 0. The Morgan fingerprint density at radius 1 is 1.37 bits per heavy atom. The van der Waals surface area contributed by atoms with E-state index in [0.29, 0.717) is 24.9 Å². The molecule has 1 rings (SSSR count). The van der Waals surface area contributed by atoms with Gasteiger partial charge in [-0.2, -0.15) is 0 Å². The third-order valence-corrected chi connectivity index (χ3v) is 3.60. The van der Waals surface area contributed by atoms with E-state index in [1.807, 2.05) is 13.8 Å². The van der Waals surface area contributed by atoms with Crippen LogP contribution in [-0.4, -0.2) is 36.2 Å². The van der Waals surface area contributed by atoms with E-state index in [1.54, 1.807) is 0 Å². The fourth-order valence-corrected chi connectivity index (χ4v) is 2.45. The molecule has 1 aliphatic rings. The zero-order chi connectivity index (χ0) is 14.3. The molecule has 1 fully saturated rings. The Labute approximate surface area is 114 Å². The summed E-state index contributed by atoms with van der Waals surface area (Å²) < 4.78 is 5.44. The molecule has 0 aliphatic heterocycles. The van der Waals surface area contributed by atoms with Gasteiger partial charge in [0.1, 0.15) is 0 Å². The highest BCUT2D eigenvalue weighted by Crippen LogP contribution is 2.32. The van der Waals surface area contributed by atoms with Gasteiger partial charge < -0.3 is 15.2 Å². The maximum absolute atomic E-state index is 11.7. The summed E-state index contributed by atoms with van der Waals surface area (Å²) in [7, 11) is 0. The lowest BCUT2D eigenvalue weighted by molar-refractivity contribution is -0.142. The fourth-order valence-electron chi connectivity index (χ4n) is 2.45. The minimum Gasteiger partial charge on any atom is -0.481 e. The molecule has 2 N–H and O–H groups in total. The largest absolute Gasteiger partial charge is 0.481 e. The molecular formula is C14H25NO4. The molecule has 0 heterocycles. The average molecular weight is 271 g/mol. The first kappa shape index (κ1) is 16.0. The molecule has 0 aromatic heterocycles. The van der Waals surface area contributed by atoms with Crippen molar-refractivity contribution in [3.63, 3.8) is 0 Å². The van der Waals surface area contributed by atoms with Crippen LogP contribution in [0.4, 0.5) is 0 Å². The molecule has 1 amide bonds. The molecule has 0 aromatic rings. The van der Waals surface area contributed by atoms with E-state index in [0.717, 1.165) is 25.9 Å². The van der Waals surface area contributed by atoms with Crippen LogP contribution in [0, 0.1) is 11.8 Å². The molecule has 0 radical (unpaired) electrons. The number of aliphatic carboxylic acids is 1. The van der Waals surface area contributed by atoms with Gasteiger partial charge in [0.15, 0.2) is 0 Å². The minimum atomic E-state index is -0.831. The molecule has 5 heteroatoms. The fraction of sp³-hybridized carbons (Fsp3) is 0.857. The number of amides is 1. The van der Waals surface area contributed by atoms with Crippen molar-refractivity contribution in [1.29, 1.82) is 0 Å². The molecule has 110 valence electrons. The second-order valence-corrected chi connectivity index (χ2v) is 5.25. The first-order valence-corrected chi connectivity index (χ1v) is 7.17. The number of hydrogen-bond acceptors (Lipinski definition) is 3. The molecule has 0 saturated heterocycles. The second kappa shape index (κ2) is 8.15. The van der Waals surface area contributed by atoms with Crippen molar-refractivity contribution >= 4 is 11.9 Å². The zero-order valence-corrected chi connectivity index (χ0v) is 11.9.